The zero-order valence-corrected chi connectivity index (χ0v) is 13.1. The Morgan fingerprint density at radius 3 is 2.90 bits per heavy atom. The third-order valence-electron chi connectivity index (χ3n) is 2.52. The topological polar surface area (TPSA) is 73.1 Å². The third-order valence-corrected chi connectivity index (χ3v) is 3.93. The molecule has 1 aromatic heterocycles. The van der Waals surface area contributed by atoms with Crippen molar-refractivity contribution in [2.75, 3.05) is 11.9 Å². The van der Waals surface area contributed by atoms with Crippen molar-refractivity contribution in [1.29, 1.82) is 5.26 Å². The molecule has 0 unspecified atom stereocenters. The van der Waals surface area contributed by atoms with Gasteiger partial charge in [-0.3, -0.25) is 4.79 Å². The van der Waals surface area contributed by atoms with Crippen LogP contribution >= 0.6 is 27.3 Å². The number of nitrogens with one attached hydrogen (secondary N) is 1. The van der Waals surface area contributed by atoms with Crippen LogP contribution in [0.3, 0.4) is 0 Å². The number of hydrogen-bond acceptors (Lipinski definition) is 4. The zero-order valence-electron chi connectivity index (χ0n) is 10.7. The van der Waals surface area contributed by atoms with Gasteiger partial charge in [0.05, 0.1) is 11.3 Å². The number of amides is 1. The number of thiophene rings is 1. The highest BCUT2D eigenvalue weighted by atomic mass is 79.9. The SMILES string of the molecule is N#Cc1ccc(Br)cc1NC(=O)c1sccc1C#CCO. The minimum absolute atomic E-state index is 0.263. The summed E-state index contributed by atoms with van der Waals surface area (Å²) in [5, 5.41) is 22.2. The second-order valence-electron chi connectivity index (χ2n) is 3.88. The summed E-state index contributed by atoms with van der Waals surface area (Å²) in [6, 6.07) is 8.77. The van der Waals surface area contributed by atoms with Crippen molar-refractivity contribution in [3.8, 4) is 17.9 Å². The first-order chi connectivity index (χ1) is 10.2. The highest BCUT2D eigenvalue weighted by molar-refractivity contribution is 9.10. The molecule has 0 radical (unpaired) electrons. The van der Waals surface area contributed by atoms with Gasteiger partial charge in [-0.15, -0.1) is 11.3 Å². The van der Waals surface area contributed by atoms with E-state index in [-0.39, 0.29) is 12.5 Å². The van der Waals surface area contributed by atoms with E-state index in [1.807, 2.05) is 6.07 Å². The molecule has 4 nitrogen and oxygen atoms in total. The number of nitrogens with zero attached hydrogens (tertiary/aromatic N) is 1. The van der Waals surface area contributed by atoms with Gasteiger partial charge in [0.2, 0.25) is 0 Å². The molecule has 0 aliphatic heterocycles. The van der Waals surface area contributed by atoms with E-state index in [2.05, 4.69) is 33.1 Å². The van der Waals surface area contributed by atoms with Crippen LogP contribution < -0.4 is 5.32 Å². The van der Waals surface area contributed by atoms with Crippen LogP contribution in [0.5, 0.6) is 0 Å². The quantitative estimate of drug-likeness (QED) is 0.808. The minimum Gasteiger partial charge on any atom is -0.384 e. The molecule has 2 aromatic rings. The van der Waals surface area contributed by atoms with Gasteiger partial charge in [0.15, 0.2) is 0 Å². The number of carbonyl (C=O) groups excluding carboxylic acids is 1. The van der Waals surface area contributed by atoms with Crippen LogP contribution in [-0.2, 0) is 0 Å². The molecule has 1 heterocycles. The highest BCUT2D eigenvalue weighted by Crippen LogP contribution is 2.23. The predicted octanol–water partition coefficient (Wildman–Crippen LogP) is 2.98. The van der Waals surface area contributed by atoms with Gasteiger partial charge in [-0.05, 0) is 29.6 Å². The second-order valence-corrected chi connectivity index (χ2v) is 5.71. The Hall–Kier alpha value is -2.12. The molecule has 0 aliphatic carbocycles. The van der Waals surface area contributed by atoms with Crippen LogP contribution in [0.4, 0.5) is 5.69 Å². The molecule has 21 heavy (non-hydrogen) atoms. The number of halogens is 1. The van der Waals surface area contributed by atoms with Crippen molar-refractivity contribution < 1.29 is 9.90 Å². The lowest BCUT2D eigenvalue weighted by atomic mass is 10.2. The van der Waals surface area contributed by atoms with Crippen molar-refractivity contribution in [2.45, 2.75) is 0 Å². The van der Waals surface area contributed by atoms with Gasteiger partial charge in [-0.1, -0.05) is 27.8 Å². The van der Waals surface area contributed by atoms with E-state index in [0.717, 1.165) is 4.47 Å². The van der Waals surface area contributed by atoms with Crippen molar-refractivity contribution in [2.24, 2.45) is 0 Å². The summed E-state index contributed by atoms with van der Waals surface area (Å²) in [7, 11) is 0. The maximum Gasteiger partial charge on any atom is 0.267 e. The zero-order chi connectivity index (χ0) is 15.2. The van der Waals surface area contributed by atoms with Crippen LogP contribution in [0.15, 0.2) is 34.1 Å². The Morgan fingerprint density at radius 2 is 2.19 bits per heavy atom. The Bertz CT molecular complexity index is 781. The standard InChI is InChI=1S/C15H9BrN2O2S/c16-12-4-3-11(9-17)13(8-12)18-15(20)14-10(2-1-6-19)5-7-21-14/h3-5,7-8,19H,6H2,(H,18,20). The van der Waals surface area contributed by atoms with E-state index in [0.29, 0.717) is 21.7 Å². The largest absolute Gasteiger partial charge is 0.384 e. The highest BCUT2D eigenvalue weighted by Gasteiger charge is 2.14. The molecule has 104 valence electrons. The third kappa shape index (κ3) is 3.71. The molecular formula is C15H9BrN2O2S. The average molecular weight is 361 g/mol. The second kappa shape index (κ2) is 7.05. The fraction of sp³-hybridized carbons (Fsp3) is 0.0667. The van der Waals surface area contributed by atoms with Crippen LogP contribution in [0.2, 0.25) is 0 Å². The van der Waals surface area contributed by atoms with E-state index in [1.165, 1.54) is 11.3 Å². The fourth-order valence-corrected chi connectivity index (χ4v) is 2.72. The number of anilines is 1. The molecule has 0 spiro atoms. The van der Waals surface area contributed by atoms with Crippen molar-refractivity contribution in [3.63, 3.8) is 0 Å². The molecule has 1 amide bonds. The molecule has 0 bridgehead atoms. The molecule has 0 aliphatic rings. The maximum absolute atomic E-state index is 12.3. The molecule has 6 heteroatoms. The van der Waals surface area contributed by atoms with Gasteiger partial charge in [0, 0.05) is 10.0 Å². The van der Waals surface area contributed by atoms with Crippen LogP contribution in [0.25, 0.3) is 0 Å². The van der Waals surface area contributed by atoms with Gasteiger partial charge in [-0.25, -0.2) is 0 Å². The minimum atomic E-state index is -0.332. The molecule has 2 rings (SSSR count). The van der Waals surface area contributed by atoms with E-state index in [9.17, 15) is 4.79 Å². The molecule has 2 N–H and O–H groups in total. The first-order valence-electron chi connectivity index (χ1n) is 5.84. The number of aliphatic hydroxyl groups is 1. The van der Waals surface area contributed by atoms with Crippen LogP contribution in [-0.4, -0.2) is 17.6 Å². The summed E-state index contributed by atoms with van der Waals surface area (Å²) in [4.78, 5) is 12.7. The van der Waals surface area contributed by atoms with Gasteiger partial charge < -0.3 is 10.4 Å². The monoisotopic (exact) mass is 360 g/mol. The summed E-state index contributed by atoms with van der Waals surface area (Å²) >= 11 is 4.56. The number of aliphatic hydroxyl groups excluding tert-OH is 1. The lowest BCUT2D eigenvalue weighted by Gasteiger charge is -2.06. The van der Waals surface area contributed by atoms with E-state index >= 15 is 0 Å². The van der Waals surface area contributed by atoms with Crippen molar-refractivity contribution in [1.82, 2.24) is 0 Å². The van der Waals surface area contributed by atoms with Crippen molar-refractivity contribution in [3.05, 3.63) is 50.1 Å². The molecule has 0 atom stereocenters. The lowest BCUT2D eigenvalue weighted by molar-refractivity contribution is 0.103. The van der Waals surface area contributed by atoms with E-state index in [1.54, 1.807) is 29.6 Å². The number of rotatable bonds is 2. The summed E-state index contributed by atoms with van der Waals surface area (Å²) < 4.78 is 0.767. The van der Waals surface area contributed by atoms with Gasteiger partial charge in [0.1, 0.15) is 17.6 Å². The normalized spacial score (nSPS) is 9.38. The number of nitriles is 1. The van der Waals surface area contributed by atoms with E-state index < -0.39 is 0 Å². The average Bonchev–Trinajstić information content (AvgIpc) is 2.94. The van der Waals surface area contributed by atoms with Crippen LogP contribution in [0.1, 0.15) is 20.8 Å². The number of hydrogen-bond donors (Lipinski definition) is 2. The molecular weight excluding hydrogens is 352 g/mol. The van der Waals surface area contributed by atoms with E-state index in [4.69, 9.17) is 10.4 Å². The Labute approximate surface area is 134 Å². The lowest BCUT2D eigenvalue weighted by Crippen LogP contribution is -2.12. The summed E-state index contributed by atoms with van der Waals surface area (Å²) in [5.74, 6) is 4.91. The van der Waals surface area contributed by atoms with Crippen molar-refractivity contribution >= 4 is 38.9 Å². The first kappa shape index (κ1) is 15.3. The fourth-order valence-electron chi connectivity index (χ4n) is 1.61. The van der Waals surface area contributed by atoms with Gasteiger partial charge in [0.25, 0.3) is 5.91 Å². The maximum atomic E-state index is 12.3. The Kier molecular flexibility index (Phi) is 5.13. The van der Waals surface area contributed by atoms with Gasteiger partial charge >= 0.3 is 0 Å². The summed E-state index contributed by atoms with van der Waals surface area (Å²) in [6.45, 7) is -0.263. The summed E-state index contributed by atoms with van der Waals surface area (Å²) in [6.07, 6.45) is 0. The molecule has 1 aromatic carbocycles. The molecule has 0 saturated heterocycles. The Morgan fingerprint density at radius 1 is 1.38 bits per heavy atom. The number of carbonyl (C=O) groups is 1. The number of benzene rings is 1. The van der Waals surface area contributed by atoms with Crippen LogP contribution in [0, 0.1) is 23.2 Å². The van der Waals surface area contributed by atoms with Gasteiger partial charge in [-0.2, -0.15) is 5.26 Å². The summed E-state index contributed by atoms with van der Waals surface area (Å²) in [5.41, 5.74) is 1.37. The molecule has 0 saturated carbocycles. The first-order valence-corrected chi connectivity index (χ1v) is 7.51. The predicted molar refractivity (Wildman–Crippen MR) is 85.1 cm³/mol. The Balaban J connectivity index is 2.29. The molecule has 0 fully saturated rings. The smallest absolute Gasteiger partial charge is 0.267 e.